The number of benzene rings is 1. The van der Waals surface area contributed by atoms with E-state index in [0.717, 1.165) is 48.2 Å². The summed E-state index contributed by atoms with van der Waals surface area (Å²) >= 11 is 3.48. The standard InChI is InChI=1S/C20H21BrN6O/c1-14-3-2-4-15(11-14)16-5-6-26(23-16)18-13-20(25-7-9-28-10-8-25)27-19(22-18)12-17(21)24-27/h2-6,11-13,16,23H,7-10H2,1H3. The molecule has 144 valence electrons. The quantitative estimate of drug-likeness (QED) is 0.674. The largest absolute Gasteiger partial charge is 0.378 e. The Morgan fingerprint density at radius 1 is 1.18 bits per heavy atom. The van der Waals surface area contributed by atoms with E-state index in [1.165, 1.54) is 11.1 Å². The maximum atomic E-state index is 5.51. The zero-order valence-corrected chi connectivity index (χ0v) is 17.1. The van der Waals surface area contributed by atoms with Gasteiger partial charge in [0.15, 0.2) is 11.5 Å². The Bertz CT molecular complexity index is 1040. The molecule has 2 aliphatic heterocycles. The molecule has 8 heteroatoms. The maximum Gasteiger partial charge on any atom is 0.160 e. The van der Waals surface area contributed by atoms with Gasteiger partial charge in [-0.1, -0.05) is 29.8 Å². The number of morpholine rings is 1. The molecule has 0 spiro atoms. The van der Waals surface area contributed by atoms with Gasteiger partial charge in [0, 0.05) is 31.4 Å². The number of aryl methyl sites for hydroxylation is 1. The van der Waals surface area contributed by atoms with Crippen LogP contribution in [0.5, 0.6) is 0 Å². The van der Waals surface area contributed by atoms with Crippen molar-refractivity contribution in [1.29, 1.82) is 0 Å². The van der Waals surface area contributed by atoms with Crippen LogP contribution < -0.4 is 15.3 Å². The molecular formula is C20H21BrN6O. The van der Waals surface area contributed by atoms with E-state index in [9.17, 15) is 0 Å². The van der Waals surface area contributed by atoms with E-state index in [2.05, 4.69) is 74.7 Å². The molecule has 1 unspecified atom stereocenters. The van der Waals surface area contributed by atoms with Crippen LogP contribution in [0, 0.1) is 6.92 Å². The molecule has 4 heterocycles. The van der Waals surface area contributed by atoms with Crippen molar-refractivity contribution < 1.29 is 4.74 Å². The lowest BCUT2D eigenvalue weighted by Crippen LogP contribution is -2.38. The summed E-state index contributed by atoms with van der Waals surface area (Å²) in [5.41, 5.74) is 6.82. The minimum absolute atomic E-state index is 0.126. The van der Waals surface area contributed by atoms with Crippen LogP contribution in [0.2, 0.25) is 0 Å². The van der Waals surface area contributed by atoms with Gasteiger partial charge in [0.1, 0.15) is 10.4 Å². The van der Waals surface area contributed by atoms with E-state index in [0.29, 0.717) is 0 Å². The normalized spacial score (nSPS) is 19.7. The van der Waals surface area contributed by atoms with Gasteiger partial charge in [-0.3, -0.25) is 5.01 Å². The highest BCUT2D eigenvalue weighted by Gasteiger charge is 2.23. The molecule has 0 amide bonds. The Balaban J connectivity index is 1.48. The molecule has 1 aromatic carbocycles. The van der Waals surface area contributed by atoms with Crippen LogP contribution in [0.25, 0.3) is 5.65 Å². The summed E-state index contributed by atoms with van der Waals surface area (Å²) in [5, 5.41) is 6.54. The summed E-state index contributed by atoms with van der Waals surface area (Å²) < 4.78 is 8.17. The number of hydrazine groups is 1. The zero-order chi connectivity index (χ0) is 19.1. The molecule has 28 heavy (non-hydrogen) atoms. The van der Waals surface area contributed by atoms with Gasteiger partial charge in [0.05, 0.1) is 19.3 Å². The third-order valence-electron chi connectivity index (χ3n) is 5.05. The number of rotatable bonds is 3. The van der Waals surface area contributed by atoms with Gasteiger partial charge in [-0.15, -0.1) is 0 Å². The molecule has 3 aromatic rings. The third-order valence-corrected chi connectivity index (χ3v) is 5.44. The minimum atomic E-state index is 0.126. The molecular weight excluding hydrogens is 420 g/mol. The summed E-state index contributed by atoms with van der Waals surface area (Å²) in [7, 11) is 0. The second-order valence-electron chi connectivity index (χ2n) is 7.04. The molecule has 0 saturated carbocycles. The average Bonchev–Trinajstić information content (AvgIpc) is 3.34. The van der Waals surface area contributed by atoms with E-state index in [4.69, 9.17) is 9.72 Å². The Labute approximate surface area is 171 Å². The van der Waals surface area contributed by atoms with Crippen molar-refractivity contribution in [2.75, 3.05) is 36.2 Å². The van der Waals surface area contributed by atoms with Gasteiger partial charge in [-0.2, -0.15) is 9.61 Å². The van der Waals surface area contributed by atoms with E-state index in [-0.39, 0.29) is 6.04 Å². The van der Waals surface area contributed by atoms with Crippen LogP contribution in [-0.2, 0) is 4.74 Å². The van der Waals surface area contributed by atoms with Crippen molar-refractivity contribution in [3.05, 3.63) is 64.4 Å². The average molecular weight is 441 g/mol. The molecule has 5 rings (SSSR count). The number of nitrogens with one attached hydrogen (secondary N) is 1. The lowest BCUT2D eigenvalue weighted by Gasteiger charge is -2.29. The van der Waals surface area contributed by atoms with Gasteiger partial charge < -0.3 is 9.64 Å². The number of anilines is 2. The first-order chi connectivity index (χ1) is 13.7. The van der Waals surface area contributed by atoms with Gasteiger partial charge in [0.25, 0.3) is 0 Å². The Kier molecular flexibility index (Phi) is 4.54. The number of hydrogen-bond acceptors (Lipinski definition) is 6. The first-order valence-corrected chi connectivity index (χ1v) is 10.2. The highest BCUT2D eigenvalue weighted by atomic mass is 79.9. The van der Waals surface area contributed by atoms with Crippen molar-refractivity contribution in [3.63, 3.8) is 0 Å². The van der Waals surface area contributed by atoms with Gasteiger partial charge in [-0.05, 0) is 34.5 Å². The Morgan fingerprint density at radius 2 is 2.04 bits per heavy atom. The van der Waals surface area contributed by atoms with Crippen molar-refractivity contribution in [3.8, 4) is 0 Å². The Morgan fingerprint density at radius 3 is 2.86 bits per heavy atom. The molecule has 0 aliphatic carbocycles. The third kappa shape index (κ3) is 3.28. The number of hydrogen-bond donors (Lipinski definition) is 1. The zero-order valence-electron chi connectivity index (χ0n) is 15.5. The molecule has 7 nitrogen and oxygen atoms in total. The smallest absolute Gasteiger partial charge is 0.160 e. The fourth-order valence-electron chi connectivity index (χ4n) is 3.66. The van der Waals surface area contributed by atoms with Crippen LogP contribution in [-0.4, -0.2) is 40.9 Å². The highest BCUT2D eigenvalue weighted by Crippen LogP contribution is 2.28. The molecule has 1 N–H and O–H groups in total. The van der Waals surface area contributed by atoms with Crippen molar-refractivity contribution >= 4 is 33.2 Å². The van der Waals surface area contributed by atoms with Crippen LogP contribution in [0.3, 0.4) is 0 Å². The summed E-state index contributed by atoms with van der Waals surface area (Å²) in [4.78, 5) is 7.09. The number of nitrogens with zero attached hydrogens (tertiary/aromatic N) is 5. The number of fused-ring (bicyclic) bond motifs is 1. The van der Waals surface area contributed by atoms with Crippen LogP contribution in [0.4, 0.5) is 11.6 Å². The molecule has 1 atom stereocenters. The monoisotopic (exact) mass is 440 g/mol. The SMILES string of the molecule is Cc1cccc(C2C=CN(c3cc(N4CCOCC4)n4nc(Br)cc4n3)N2)c1. The molecule has 0 bridgehead atoms. The first-order valence-electron chi connectivity index (χ1n) is 9.37. The van der Waals surface area contributed by atoms with Gasteiger partial charge >= 0.3 is 0 Å². The topological polar surface area (TPSA) is 57.9 Å². The second kappa shape index (κ2) is 7.20. The van der Waals surface area contributed by atoms with Crippen LogP contribution >= 0.6 is 15.9 Å². The van der Waals surface area contributed by atoms with E-state index >= 15 is 0 Å². The fraction of sp³-hybridized carbons (Fsp3) is 0.300. The first kappa shape index (κ1) is 17.7. The summed E-state index contributed by atoms with van der Waals surface area (Å²) in [6, 6.07) is 12.7. The second-order valence-corrected chi connectivity index (χ2v) is 7.85. The predicted octanol–water partition coefficient (Wildman–Crippen LogP) is 3.22. The predicted molar refractivity (Wildman–Crippen MR) is 112 cm³/mol. The van der Waals surface area contributed by atoms with Crippen LogP contribution in [0.1, 0.15) is 17.2 Å². The minimum Gasteiger partial charge on any atom is -0.378 e. The fourth-order valence-corrected chi connectivity index (χ4v) is 4.02. The number of aromatic nitrogens is 3. The van der Waals surface area contributed by atoms with Crippen molar-refractivity contribution in [1.82, 2.24) is 20.0 Å². The summed E-state index contributed by atoms with van der Waals surface area (Å²) in [5.74, 6) is 1.86. The molecule has 1 saturated heterocycles. The van der Waals surface area contributed by atoms with Gasteiger partial charge in [0.2, 0.25) is 0 Å². The maximum absolute atomic E-state index is 5.51. The van der Waals surface area contributed by atoms with E-state index in [1.54, 1.807) is 0 Å². The molecule has 2 aromatic heterocycles. The molecule has 2 aliphatic rings. The summed E-state index contributed by atoms with van der Waals surface area (Å²) in [6.45, 7) is 5.23. The molecule has 0 radical (unpaired) electrons. The lowest BCUT2D eigenvalue weighted by molar-refractivity contribution is 0.122. The highest BCUT2D eigenvalue weighted by molar-refractivity contribution is 9.10. The summed E-state index contributed by atoms with van der Waals surface area (Å²) in [6.07, 6.45) is 4.20. The molecule has 1 fully saturated rings. The Hall–Kier alpha value is -2.42. The van der Waals surface area contributed by atoms with E-state index < -0.39 is 0 Å². The lowest BCUT2D eigenvalue weighted by atomic mass is 10.1. The van der Waals surface area contributed by atoms with Crippen molar-refractivity contribution in [2.45, 2.75) is 13.0 Å². The van der Waals surface area contributed by atoms with Crippen LogP contribution in [0.15, 0.2) is 53.3 Å². The van der Waals surface area contributed by atoms with Crippen molar-refractivity contribution in [2.24, 2.45) is 0 Å². The van der Waals surface area contributed by atoms with Gasteiger partial charge in [-0.25, -0.2) is 10.4 Å². The number of ether oxygens (including phenoxy) is 1. The number of halogens is 1. The van der Waals surface area contributed by atoms with E-state index in [1.807, 2.05) is 21.8 Å².